The number of amides is 1. The van der Waals surface area contributed by atoms with E-state index in [0.717, 1.165) is 17.5 Å². The Kier molecular flexibility index (Phi) is 7.13. The first kappa shape index (κ1) is 29.6. The highest BCUT2D eigenvalue weighted by Crippen LogP contribution is 2.55. The van der Waals surface area contributed by atoms with Crippen LogP contribution in [0.3, 0.4) is 0 Å². The zero-order valence-electron chi connectivity index (χ0n) is 25.8. The van der Waals surface area contributed by atoms with Crippen LogP contribution >= 0.6 is 11.3 Å². The maximum atomic E-state index is 14.2. The molecule has 5 aromatic rings. The van der Waals surface area contributed by atoms with Gasteiger partial charge in [-0.05, 0) is 65.4 Å². The van der Waals surface area contributed by atoms with Gasteiger partial charge in [-0.15, -0.1) is 11.3 Å². The molecule has 2 aliphatic rings. The normalized spacial score (nSPS) is 18.9. The van der Waals surface area contributed by atoms with Crippen molar-refractivity contribution in [1.29, 1.82) is 0 Å². The quantitative estimate of drug-likeness (QED) is 0.146. The molecule has 3 heterocycles. The number of carboxylic acid groups (broad SMARTS) is 1. The predicted octanol–water partition coefficient (Wildman–Crippen LogP) is 8.12. The number of hydrogen-bond acceptors (Lipinski definition) is 5. The summed E-state index contributed by atoms with van der Waals surface area (Å²) in [7, 11) is 0. The van der Waals surface area contributed by atoms with E-state index in [9.17, 15) is 19.5 Å². The molecule has 0 bridgehead atoms. The molecule has 8 heteroatoms. The number of thiophene rings is 1. The molecular formula is C38H33N3O4S. The Morgan fingerprint density at radius 1 is 0.913 bits per heavy atom. The second-order valence-electron chi connectivity index (χ2n) is 12.9. The fourth-order valence-corrected chi connectivity index (χ4v) is 7.91. The van der Waals surface area contributed by atoms with E-state index < -0.39 is 5.97 Å². The number of hydrogen-bond donors (Lipinski definition) is 2. The van der Waals surface area contributed by atoms with Crippen LogP contribution in [0.5, 0.6) is 0 Å². The number of aromatic nitrogens is 2. The van der Waals surface area contributed by atoms with Crippen LogP contribution in [0.4, 0.5) is 0 Å². The molecule has 2 N–H and O–H groups in total. The Balaban J connectivity index is 1.16. The highest BCUT2D eigenvalue weighted by atomic mass is 32.1. The molecule has 0 radical (unpaired) electrons. The van der Waals surface area contributed by atoms with Gasteiger partial charge in [-0.1, -0.05) is 74.9 Å². The van der Waals surface area contributed by atoms with Crippen molar-refractivity contribution in [2.75, 3.05) is 13.1 Å². The van der Waals surface area contributed by atoms with Crippen LogP contribution in [0, 0.1) is 10.8 Å². The van der Waals surface area contributed by atoms with Crippen molar-refractivity contribution in [3.8, 4) is 11.4 Å². The monoisotopic (exact) mass is 627 g/mol. The third-order valence-corrected chi connectivity index (χ3v) is 10.3. The van der Waals surface area contributed by atoms with E-state index in [1.165, 1.54) is 22.5 Å². The smallest absolute Gasteiger partial charge is 0.335 e. The van der Waals surface area contributed by atoms with Gasteiger partial charge in [-0.3, -0.25) is 9.59 Å². The van der Waals surface area contributed by atoms with Gasteiger partial charge in [0.15, 0.2) is 0 Å². The molecular weight excluding hydrogens is 595 g/mol. The van der Waals surface area contributed by atoms with Gasteiger partial charge in [0.05, 0.1) is 27.0 Å². The summed E-state index contributed by atoms with van der Waals surface area (Å²) in [5.74, 6) is -0.447. The van der Waals surface area contributed by atoms with E-state index in [1.807, 2.05) is 64.9 Å². The molecule has 2 aromatic heterocycles. The fraction of sp³-hybridized carbons (Fsp3) is 0.211. The predicted molar refractivity (Wildman–Crippen MR) is 181 cm³/mol. The number of imidazole rings is 1. The first-order chi connectivity index (χ1) is 22.0. The molecule has 1 atom stereocenters. The lowest BCUT2D eigenvalue weighted by atomic mass is 9.58. The topological polar surface area (TPSA) is 103 Å². The van der Waals surface area contributed by atoms with Gasteiger partial charge in [0.1, 0.15) is 5.82 Å². The summed E-state index contributed by atoms with van der Waals surface area (Å²) in [5, 5.41) is 11.2. The van der Waals surface area contributed by atoms with Crippen LogP contribution in [-0.2, 0) is 0 Å². The summed E-state index contributed by atoms with van der Waals surface area (Å²) in [6, 6.07) is 23.8. The number of benzene rings is 3. The van der Waals surface area contributed by atoms with Crippen LogP contribution in [0.25, 0.3) is 28.0 Å². The van der Waals surface area contributed by atoms with Crippen LogP contribution in [0.15, 0.2) is 102 Å². The van der Waals surface area contributed by atoms with Crippen molar-refractivity contribution in [2.24, 2.45) is 10.8 Å². The second kappa shape index (κ2) is 11.1. The van der Waals surface area contributed by atoms with E-state index in [4.69, 9.17) is 4.98 Å². The Hall–Kier alpha value is -5.08. The van der Waals surface area contributed by atoms with Crippen LogP contribution in [-0.4, -0.2) is 50.7 Å². The van der Waals surface area contributed by atoms with E-state index in [-0.39, 0.29) is 28.1 Å². The summed E-state index contributed by atoms with van der Waals surface area (Å²) < 4.78 is 0. The number of nitrogens with zero attached hydrogens (tertiary/aromatic N) is 2. The molecule has 0 saturated carbocycles. The number of nitrogens with one attached hydrogen (secondary N) is 1. The lowest BCUT2D eigenvalue weighted by Crippen LogP contribution is -2.48. The van der Waals surface area contributed by atoms with Gasteiger partial charge in [0.2, 0.25) is 5.78 Å². The molecule has 46 heavy (non-hydrogen) atoms. The Morgan fingerprint density at radius 3 is 2.41 bits per heavy atom. The number of carbonyl (C=O) groups excluding carboxylic acids is 2. The number of allylic oxidation sites excluding steroid dienone is 2. The number of carboxylic acids is 1. The number of rotatable bonds is 6. The average Bonchev–Trinajstić information content (AvgIpc) is 3.74. The highest BCUT2D eigenvalue weighted by molar-refractivity contribution is 7.12. The van der Waals surface area contributed by atoms with Crippen molar-refractivity contribution < 1.29 is 19.5 Å². The second-order valence-corrected chi connectivity index (χ2v) is 13.8. The zero-order chi connectivity index (χ0) is 32.2. The van der Waals surface area contributed by atoms with Crippen LogP contribution < -0.4 is 0 Å². The van der Waals surface area contributed by atoms with Gasteiger partial charge < -0.3 is 15.0 Å². The molecule has 1 amide bonds. The van der Waals surface area contributed by atoms with Crippen LogP contribution in [0.2, 0.25) is 0 Å². The molecule has 0 unspecified atom stereocenters. The number of aromatic amines is 1. The third-order valence-electron chi connectivity index (χ3n) is 9.44. The van der Waals surface area contributed by atoms with E-state index in [0.29, 0.717) is 46.0 Å². The molecule has 0 fully saturated rings. The van der Waals surface area contributed by atoms with Gasteiger partial charge in [-0.2, -0.15) is 0 Å². The number of carbonyl (C=O) groups is 3. The molecule has 1 aliphatic carbocycles. The Labute approximate surface area is 270 Å². The van der Waals surface area contributed by atoms with E-state index in [2.05, 4.69) is 37.9 Å². The largest absolute Gasteiger partial charge is 0.478 e. The minimum Gasteiger partial charge on any atom is -0.478 e. The van der Waals surface area contributed by atoms with E-state index >= 15 is 0 Å². The minimum atomic E-state index is -0.937. The van der Waals surface area contributed by atoms with E-state index in [1.54, 1.807) is 24.3 Å². The number of fused-ring (bicyclic) bond motifs is 2. The van der Waals surface area contributed by atoms with Crippen molar-refractivity contribution in [1.82, 2.24) is 14.9 Å². The number of aromatic carboxylic acids is 1. The summed E-state index contributed by atoms with van der Waals surface area (Å²) >= 11 is 1.41. The standard InChI is InChI=1S/C38H33N3O4S/c1-37(2)28(23-10-12-24(13-11-23)36(44)45)16-18-38(3)22-41(19-17-32(37)38)35(43)27-8-5-4-7-26(27)34-39-29-15-14-25(21-30(29)40-34)33(42)31-9-6-20-46-31/h4-17,20-21H,18-19,22H2,1-3H3,(H,39,40)(H,44,45)/t38-/m1/s1. The third kappa shape index (κ3) is 4.99. The van der Waals surface area contributed by atoms with Gasteiger partial charge >= 0.3 is 5.97 Å². The Bertz CT molecular complexity index is 2090. The lowest BCUT2D eigenvalue weighted by molar-refractivity contribution is 0.0679. The maximum absolute atomic E-state index is 14.2. The molecule has 7 rings (SSSR count). The molecule has 0 spiro atoms. The summed E-state index contributed by atoms with van der Waals surface area (Å²) in [4.78, 5) is 49.3. The summed E-state index contributed by atoms with van der Waals surface area (Å²) in [5.41, 5.74) is 6.53. The molecule has 0 saturated heterocycles. The minimum absolute atomic E-state index is 0.0352. The van der Waals surface area contributed by atoms with Crippen molar-refractivity contribution in [3.63, 3.8) is 0 Å². The average molecular weight is 628 g/mol. The SMILES string of the molecule is CC1(C)C(c2ccc(C(=O)O)cc2)=CC[C@]2(C)CN(C(=O)c3ccccc3-c3nc4cc(C(=O)c5cccs5)ccc4[nH]3)CC=C12. The molecule has 7 nitrogen and oxygen atoms in total. The van der Waals surface area contributed by atoms with Gasteiger partial charge in [-0.25, -0.2) is 9.78 Å². The number of ketones is 1. The fourth-order valence-electron chi connectivity index (χ4n) is 7.23. The molecule has 1 aliphatic heterocycles. The lowest BCUT2D eigenvalue weighted by Gasteiger charge is -2.50. The first-order valence-electron chi connectivity index (χ1n) is 15.3. The molecule has 230 valence electrons. The van der Waals surface area contributed by atoms with Crippen molar-refractivity contribution >= 4 is 45.6 Å². The zero-order valence-corrected chi connectivity index (χ0v) is 26.7. The van der Waals surface area contributed by atoms with Gasteiger partial charge in [0.25, 0.3) is 5.91 Å². The highest BCUT2D eigenvalue weighted by Gasteiger charge is 2.46. The maximum Gasteiger partial charge on any atom is 0.335 e. The van der Waals surface area contributed by atoms with Gasteiger partial charge in [0, 0.05) is 35.0 Å². The Morgan fingerprint density at radius 2 is 1.67 bits per heavy atom. The van der Waals surface area contributed by atoms with Crippen molar-refractivity contribution in [2.45, 2.75) is 27.2 Å². The number of H-pyrrole nitrogens is 1. The van der Waals surface area contributed by atoms with Crippen molar-refractivity contribution in [3.05, 3.63) is 129 Å². The van der Waals surface area contributed by atoms with Crippen LogP contribution in [0.1, 0.15) is 68.7 Å². The summed E-state index contributed by atoms with van der Waals surface area (Å²) in [6.45, 7) is 7.70. The summed E-state index contributed by atoms with van der Waals surface area (Å²) in [6.07, 6.45) is 5.22. The molecule has 3 aromatic carbocycles. The first-order valence-corrected chi connectivity index (χ1v) is 16.2.